The quantitative estimate of drug-likeness (QED) is 0.515. The third-order valence-electron chi connectivity index (χ3n) is 6.09. The number of fused-ring (bicyclic) bond motifs is 1. The number of nitrogens with zero attached hydrogens (tertiary/aromatic N) is 5. The minimum Gasteiger partial charge on any atom is -0.345 e. The van der Waals surface area contributed by atoms with Crippen LogP contribution >= 0.6 is 0 Å². The van der Waals surface area contributed by atoms with Gasteiger partial charge in [0.25, 0.3) is 11.8 Å². The first kappa shape index (κ1) is 20.8. The Morgan fingerprint density at radius 3 is 2.52 bits per heavy atom. The highest BCUT2D eigenvalue weighted by Gasteiger charge is 2.25. The first-order valence-electron chi connectivity index (χ1n) is 11.0. The zero-order valence-electron chi connectivity index (χ0n) is 18.1. The summed E-state index contributed by atoms with van der Waals surface area (Å²) in [6, 6.07) is 15.2. The predicted octanol–water partition coefficient (Wildman–Crippen LogP) is 3.07. The second-order valence-corrected chi connectivity index (χ2v) is 8.13. The summed E-state index contributed by atoms with van der Waals surface area (Å²) in [5.41, 5.74) is 3.18. The van der Waals surface area contributed by atoms with E-state index in [1.165, 1.54) is 0 Å². The lowest BCUT2D eigenvalue weighted by Gasteiger charge is -2.32. The smallest absolute Gasteiger partial charge is 0.255 e. The molecule has 1 aliphatic heterocycles. The van der Waals surface area contributed by atoms with Crippen molar-refractivity contribution < 1.29 is 9.59 Å². The van der Waals surface area contributed by atoms with Crippen LogP contribution in [-0.4, -0.2) is 49.4 Å². The summed E-state index contributed by atoms with van der Waals surface area (Å²) in [6.45, 7) is 1.69. The van der Waals surface area contributed by atoms with Crippen LogP contribution in [-0.2, 0) is 6.54 Å². The van der Waals surface area contributed by atoms with E-state index in [0.717, 1.165) is 29.5 Å². The van der Waals surface area contributed by atoms with Gasteiger partial charge in [-0.3, -0.25) is 9.59 Å². The molecule has 0 radical (unpaired) electrons. The van der Waals surface area contributed by atoms with Crippen LogP contribution in [0.1, 0.15) is 50.9 Å². The maximum atomic E-state index is 12.8. The molecule has 4 heterocycles. The lowest BCUT2D eigenvalue weighted by Crippen LogP contribution is -2.37. The minimum atomic E-state index is -0.210. The van der Waals surface area contributed by atoms with E-state index in [9.17, 15) is 9.59 Å². The van der Waals surface area contributed by atoms with E-state index in [1.54, 1.807) is 29.2 Å². The van der Waals surface area contributed by atoms with Crippen LogP contribution in [0.2, 0.25) is 0 Å². The molecular weight excluding hydrogens is 416 g/mol. The molecule has 0 saturated carbocycles. The molecular formula is C25H24N6O2. The van der Waals surface area contributed by atoms with Gasteiger partial charge in [-0.1, -0.05) is 18.2 Å². The van der Waals surface area contributed by atoms with E-state index >= 15 is 0 Å². The Morgan fingerprint density at radius 2 is 1.76 bits per heavy atom. The molecule has 0 spiro atoms. The lowest BCUT2D eigenvalue weighted by atomic mass is 9.89. The maximum Gasteiger partial charge on any atom is 0.255 e. The number of nitrogens with one attached hydrogen (secondary N) is 1. The molecule has 0 aliphatic carbocycles. The molecule has 2 amide bonds. The number of benzene rings is 1. The Labute approximate surface area is 191 Å². The fraction of sp³-hybridized carbons (Fsp3) is 0.240. The van der Waals surface area contributed by atoms with E-state index < -0.39 is 0 Å². The lowest BCUT2D eigenvalue weighted by molar-refractivity contribution is 0.0712. The topological polar surface area (TPSA) is 92.5 Å². The van der Waals surface area contributed by atoms with Gasteiger partial charge in [0.1, 0.15) is 5.82 Å². The number of aromatic nitrogens is 4. The van der Waals surface area contributed by atoms with Crippen molar-refractivity contribution in [2.24, 2.45) is 0 Å². The summed E-state index contributed by atoms with van der Waals surface area (Å²) in [4.78, 5) is 35.7. The number of amides is 2. The number of pyridine rings is 1. The van der Waals surface area contributed by atoms with Gasteiger partial charge in [0.05, 0.1) is 23.8 Å². The third kappa shape index (κ3) is 4.45. The van der Waals surface area contributed by atoms with Crippen molar-refractivity contribution in [1.82, 2.24) is 29.8 Å². The first-order chi connectivity index (χ1) is 16.2. The molecule has 4 aromatic rings. The van der Waals surface area contributed by atoms with Crippen LogP contribution < -0.4 is 5.32 Å². The van der Waals surface area contributed by atoms with Gasteiger partial charge in [-0.25, -0.2) is 14.5 Å². The number of hydrogen-bond donors (Lipinski definition) is 1. The molecule has 1 N–H and O–H groups in total. The third-order valence-corrected chi connectivity index (χ3v) is 6.09. The van der Waals surface area contributed by atoms with Gasteiger partial charge in [0, 0.05) is 37.2 Å². The Bertz CT molecular complexity index is 1260. The number of likely N-dealkylation sites (tertiary alicyclic amines) is 1. The molecule has 33 heavy (non-hydrogen) atoms. The molecule has 0 bridgehead atoms. The Kier molecular flexibility index (Phi) is 5.80. The molecule has 8 nitrogen and oxygen atoms in total. The van der Waals surface area contributed by atoms with Crippen molar-refractivity contribution >= 4 is 17.3 Å². The zero-order chi connectivity index (χ0) is 22.6. The molecule has 1 saturated heterocycles. The number of carbonyl (C=O) groups excluding carboxylic acids is 2. The normalized spacial score (nSPS) is 14.4. The molecule has 0 unspecified atom stereocenters. The van der Waals surface area contributed by atoms with Crippen molar-refractivity contribution in [2.75, 3.05) is 13.1 Å². The van der Waals surface area contributed by atoms with Gasteiger partial charge in [0.2, 0.25) is 0 Å². The van der Waals surface area contributed by atoms with Gasteiger partial charge in [0.15, 0.2) is 0 Å². The SMILES string of the molecule is O=C(NCc1ncccn1)c1cnn2ccc(C3CCN(C(=O)c4ccccc4)CC3)cc12. The molecule has 8 heteroatoms. The van der Waals surface area contributed by atoms with E-state index in [1.807, 2.05) is 47.5 Å². The predicted molar refractivity (Wildman–Crippen MR) is 123 cm³/mol. The second-order valence-electron chi connectivity index (χ2n) is 8.13. The van der Waals surface area contributed by atoms with Crippen molar-refractivity contribution in [3.8, 4) is 0 Å². The molecule has 166 valence electrons. The monoisotopic (exact) mass is 440 g/mol. The van der Waals surface area contributed by atoms with Crippen LogP contribution in [0.3, 0.4) is 0 Å². The minimum absolute atomic E-state index is 0.0849. The van der Waals surface area contributed by atoms with Crippen LogP contribution in [0.5, 0.6) is 0 Å². The number of carbonyl (C=O) groups is 2. The standard InChI is InChI=1S/C25H24N6O2/c32-24(28-17-23-26-10-4-11-27-23)21-16-29-31-14-9-20(15-22(21)31)18-7-12-30(13-8-18)25(33)19-5-2-1-3-6-19/h1-6,9-11,14-16,18H,7-8,12-13,17H2,(H,28,32). The summed E-state index contributed by atoms with van der Waals surface area (Å²) < 4.78 is 1.71. The number of rotatable bonds is 5. The molecule has 1 aromatic carbocycles. The highest BCUT2D eigenvalue weighted by molar-refractivity contribution is 6.00. The van der Waals surface area contributed by atoms with Crippen molar-refractivity contribution in [3.05, 3.63) is 95.8 Å². The fourth-order valence-electron chi connectivity index (χ4n) is 4.28. The zero-order valence-corrected chi connectivity index (χ0v) is 18.1. The van der Waals surface area contributed by atoms with Gasteiger partial charge in [-0.15, -0.1) is 0 Å². The van der Waals surface area contributed by atoms with Gasteiger partial charge >= 0.3 is 0 Å². The average Bonchev–Trinajstić information content (AvgIpc) is 3.31. The molecule has 1 fully saturated rings. The summed E-state index contributed by atoms with van der Waals surface area (Å²) in [7, 11) is 0. The summed E-state index contributed by atoms with van der Waals surface area (Å²) in [5.74, 6) is 0.762. The van der Waals surface area contributed by atoms with Crippen LogP contribution in [0, 0.1) is 0 Å². The Morgan fingerprint density at radius 1 is 1.00 bits per heavy atom. The molecule has 3 aromatic heterocycles. The van der Waals surface area contributed by atoms with E-state index in [0.29, 0.717) is 30.4 Å². The highest BCUT2D eigenvalue weighted by atomic mass is 16.2. The van der Waals surface area contributed by atoms with Crippen LogP contribution in [0.4, 0.5) is 0 Å². The summed E-state index contributed by atoms with van der Waals surface area (Å²) in [5, 5.41) is 7.19. The molecule has 1 aliphatic rings. The van der Waals surface area contributed by atoms with E-state index in [4.69, 9.17) is 0 Å². The number of piperidine rings is 1. The largest absolute Gasteiger partial charge is 0.345 e. The van der Waals surface area contributed by atoms with E-state index in [-0.39, 0.29) is 18.4 Å². The van der Waals surface area contributed by atoms with Gasteiger partial charge in [-0.05, 0) is 54.7 Å². The van der Waals surface area contributed by atoms with Gasteiger partial charge in [-0.2, -0.15) is 5.10 Å². The highest BCUT2D eigenvalue weighted by Crippen LogP contribution is 2.30. The second kappa shape index (κ2) is 9.20. The summed E-state index contributed by atoms with van der Waals surface area (Å²) in [6.07, 6.45) is 8.54. The number of hydrogen-bond acceptors (Lipinski definition) is 5. The van der Waals surface area contributed by atoms with Crippen molar-refractivity contribution in [2.45, 2.75) is 25.3 Å². The first-order valence-corrected chi connectivity index (χ1v) is 11.0. The maximum absolute atomic E-state index is 12.8. The average molecular weight is 441 g/mol. The fourth-order valence-corrected chi connectivity index (χ4v) is 4.28. The molecule has 0 atom stereocenters. The molecule has 5 rings (SSSR count). The van der Waals surface area contributed by atoms with Crippen molar-refractivity contribution in [3.63, 3.8) is 0 Å². The Hall–Kier alpha value is -4.07. The van der Waals surface area contributed by atoms with Crippen molar-refractivity contribution in [1.29, 1.82) is 0 Å². The van der Waals surface area contributed by atoms with Crippen LogP contribution in [0.25, 0.3) is 5.52 Å². The van der Waals surface area contributed by atoms with E-state index in [2.05, 4.69) is 26.4 Å². The van der Waals surface area contributed by atoms with Crippen LogP contribution in [0.15, 0.2) is 73.3 Å². The van der Waals surface area contributed by atoms with Gasteiger partial charge < -0.3 is 10.2 Å². The summed E-state index contributed by atoms with van der Waals surface area (Å²) >= 11 is 0. The Balaban J connectivity index is 1.27.